The molecule has 3 heterocycles. The molecule has 1 fully saturated rings. The van der Waals surface area contributed by atoms with Crippen LogP contribution >= 0.6 is 0 Å². The van der Waals surface area contributed by atoms with E-state index < -0.39 is 0 Å². The van der Waals surface area contributed by atoms with Crippen LogP contribution in [0, 0.1) is 5.82 Å². The number of aromatic amines is 1. The van der Waals surface area contributed by atoms with Gasteiger partial charge in [-0.25, -0.2) is 9.37 Å². The predicted molar refractivity (Wildman–Crippen MR) is 119 cm³/mol. The Bertz CT molecular complexity index is 1040. The van der Waals surface area contributed by atoms with Gasteiger partial charge in [-0.3, -0.25) is 4.79 Å². The SMILES string of the molecule is CC(C)Nc1cccnc1N(C)C1CCN(C(=O)c2c[nH]c3ccc(F)cc23)CC1. The van der Waals surface area contributed by atoms with Gasteiger partial charge in [-0.1, -0.05) is 0 Å². The molecule has 0 atom stereocenters. The number of pyridine rings is 1. The largest absolute Gasteiger partial charge is 0.380 e. The number of hydrogen-bond acceptors (Lipinski definition) is 4. The molecular formula is C23H28FN5O. The number of aromatic nitrogens is 2. The summed E-state index contributed by atoms with van der Waals surface area (Å²) in [6.07, 6.45) is 5.21. The van der Waals surface area contributed by atoms with Crippen molar-refractivity contribution in [3.8, 4) is 0 Å². The Morgan fingerprint density at radius 1 is 1.30 bits per heavy atom. The average molecular weight is 410 g/mol. The number of carbonyl (C=O) groups excluding carboxylic acids is 1. The summed E-state index contributed by atoms with van der Waals surface area (Å²) >= 11 is 0. The minimum absolute atomic E-state index is 0.0482. The maximum absolute atomic E-state index is 13.7. The number of likely N-dealkylation sites (tertiary alicyclic amines) is 1. The van der Waals surface area contributed by atoms with Gasteiger partial charge in [0.2, 0.25) is 0 Å². The van der Waals surface area contributed by atoms with Gasteiger partial charge in [-0.05, 0) is 57.0 Å². The predicted octanol–water partition coefficient (Wildman–Crippen LogP) is 4.26. The molecule has 0 radical (unpaired) electrons. The lowest BCUT2D eigenvalue weighted by molar-refractivity contribution is 0.0715. The summed E-state index contributed by atoms with van der Waals surface area (Å²) in [5.74, 6) is 0.550. The lowest BCUT2D eigenvalue weighted by atomic mass is 10.0. The van der Waals surface area contributed by atoms with E-state index in [1.807, 2.05) is 23.2 Å². The van der Waals surface area contributed by atoms with E-state index >= 15 is 0 Å². The summed E-state index contributed by atoms with van der Waals surface area (Å²) in [5, 5.41) is 4.09. The second-order valence-corrected chi connectivity index (χ2v) is 8.20. The first kappa shape index (κ1) is 20.2. The van der Waals surface area contributed by atoms with E-state index in [2.05, 4.69) is 41.1 Å². The molecule has 3 aromatic rings. The Labute approximate surface area is 176 Å². The topological polar surface area (TPSA) is 64.3 Å². The molecule has 7 heteroatoms. The fraction of sp³-hybridized carbons (Fsp3) is 0.391. The smallest absolute Gasteiger partial charge is 0.256 e. The molecule has 1 aliphatic heterocycles. The van der Waals surface area contributed by atoms with E-state index in [9.17, 15) is 9.18 Å². The van der Waals surface area contributed by atoms with Crippen molar-refractivity contribution in [2.45, 2.75) is 38.8 Å². The van der Waals surface area contributed by atoms with Crippen LogP contribution in [0.3, 0.4) is 0 Å². The Kier molecular flexibility index (Phi) is 5.61. The van der Waals surface area contributed by atoms with Crippen LogP contribution in [0.5, 0.6) is 0 Å². The molecule has 1 amide bonds. The van der Waals surface area contributed by atoms with Crippen molar-refractivity contribution in [1.82, 2.24) is 14.9 Å². The molecule has 30 heavy (non-hydrogen) atoms. The van der Waals surface area contributed by atoms with Crippen molar-refractivity contribution in [3.05, 3.63) is 54.1 Å². The molecule has 6 nitrogen and oxygen atoms in total. The highest BCUT2D eigenvalue weighted by atomic mass is 19.1. The van der Waals surface area contributed by atoms with Crippen molar-refractivity contribution >= 4 is 28.3 Å². The first-order valence-corrected chi connectivity index (χ1v) is 10.4. The van der Waals surface area contributed by atoms with Crippen LogP contribution in [0.2, 0.25) is 0 Å². The lowest BCUT2D eigenvalue weighted by Crippen LogP contribution is -2.46. The second kappa shape index (κ2) is 8.34. The summed E-state index contributed by atoms with van der Waals surface area (Å²) in [6.45, 7) is 5.54. The van der Waals surface area contributed by atoms with Gasteiger partial charge in [-0.2, -0.15) is 0 Å². The third-order valence-electron chi connectivity index (χ3n) is 5.74. The summed E-state index contributed by atoms with van der Waals surface area (Å²) in [4.78, 5) is 24.8. The molecular weight excluding hydrogens is 381 g/mol. The maximum Gasteiger partial charge on any atom is 0.256 e. The number of nitrogens with one attached hydrogen (secondary N) is 2. The number of carbonyl (C=O) groups is 1. The van der Waals surface area contributed by atoms with E-state index in [1.165, 1.54) is 12.1 Å². The van der Waals surface area contributed by atoms with E-state index in [0.29, 0.717) is 36.1 Å². The van der Waals surface area contributed by atoms with Gasteiger partial charge in [0.25, 0.3) is 5.91 Å². The van der Waals surface area contributed by atoms with E-state index in [1.54, 1.807) is 12.3 Å². The van der Waals surface area contributed by atoms with Crippen LogP contribution in [0.4, 0.5) is 15.9 Å². The van der Waals surface area contributed by atoms with Gasteiger partial charge < -0.3 is 20.1 Å². The van der Waals surface area contributed by atoms with E-state index in [0.717, 1.165) is 29.9 Å². The number of halogens is 1. The zero-order valence-corrected chi connectivity index (χ0v) is 17.7. The second-order valence-electron chi connectivity index (χ2n) is 8.20. The van der Waals surface area contributed by atoms with Crippen molar-refractivity contribution in [2.24, 2.45) is 0 Å². The number of rotatable bonds is 5. The average Bonchev–Trinajstić information content (AvgIpc) is 3.16. The Balaban J connectivity index is 1.45. The number of anilines is 2. The van der Waals surface area contributed by atoms with Crippen LogP contribution in [-0.2, 0) is 0 Å². The summed E-state index contributed by atoms with van der Waals surface area (Å²) < 4.78 is 13.7. The first-order chi connectivity index (χ1) is 14.4. The normalized spacial score (nSPS) is 15.0. The first-order valence-electron chi connectivity index (χ1n) is 10.4. The highest BCUT2D eigenvalue weighted by molar-refractivity contribution is 6.06. The molecule has 1 aromatic carbocycles. The molecule has 0 aliphatic carbocycles. The van der Waals surface area contributed by atoms with Crippen molar-refractivity contribution in [3.63, 3.8) is 0 Å². The Hall–Kier alpha value is -3.09. The molecule has 2 aromatic heterocycles. The van der Waals surface area contributed by atoms with Crippen LogP contribution in [0.1, 0.15) is 37.0 Å². The van der Waals surface area contributed by atoms with Gasteiger partial charge in [0.1, 0.15) is 5.82 Å². The van der Waals surface area contributed by atoms with Gasteiger partial charge >= 0.3 is 0 Å². The summed E-state index contributed by atoms with van der Waals surface area (Å²) in [7, 11) is 2.07. The van der Waals surface area contributed by atoms with Crippen molar-refractivity contribution in [2.75, 3.05) is 30.4 Å². The zero-order valence-electron chi connectivity index (χ0n) is 17.7. The summed E-state index contributed by atoms with van der Waals surface area (Å²) in [6, 6.07) is 9.09. The third-order valence-corrected chi connectivity index (χ3v) is 5.74. The van der Waals surface area contributed by atoms with Crippen molar-refractivity contribution in [1.29, 1.82) is 0 Å². The molecule has 1 aliphatic rings. The van der Waals surface area contributed by atoms with Gasteiger partial charge in [0, 0.05) is 55.5 Å². The molecule has 4 rings (SSSR count). The Morgan fingerprint density at radius 2 is 2.07 bits per heavy atom. The van der Waals surface area contributed by atoms with Crippen molar-refractivity contribution < 1.29 is 9.18 Å². The quantitative estimate of drug-likeness (QED) is 0.661. The van der Waals surface area contributed by atoms with Gasteiger partial charge in [-0.15, -0.1) is 0 Å². The van der Waals surface area contributed by atoms with Gasteiger partial charge in [0.15, 0.2) is 5.82 Å². The zero-order chi connectivity index (χ0) is 21.3. The fourth-order valence-electron chi connectivity index (χ4n) is 4.17. The maximum atomic E-state index is 13.7. The van der Waals surface area contributed by atoms with Crippen LogP contribution in [0.25, 0.3) is 10.9 Å². The monoisotopic (exact) mass is 409 g/mol. The number of nitrogens with zero attached hydrogens (tertiary/aromatic N) is 3. The molecule has 0 saturated carbocycles. The molecule has 0 bridgehead atoms. The molecule has 0 unspecified atom stereocenters. The molecule has 158 valence electrons. The highest BCUT2D eigenvalue weighted by Crippen LogP contribution is 2.28. The number of hydrogen-bond donors (Lipinski definition) is 2. The standard InChI is InChI=1S/C23H28FN5O/c1-15(2)27-21-5-4-10-25-22(21)28(3)17-8-11-29(12-9-17)23(30)19-14-26-20-7-6-16(24)13-18(19)20/h4-7,10,13-15,17,26-27H,8-9,11-12H2,1-3H3. The molecule has 1 saturated heterocycles. The van der Waals surface area contributed by atoms with E-state index in [-0.39, 0.29) is 11.7 Å². The summed E-state index contributed by atoms with van der Waals surface area (Å²) in [5.41, 5.74) is 2.33. The van der Waals surface area contributed by atoms with Crippen LogP contribution < -0.4 is 10.2 Å². The minimum Gasteiger partial charge on any atom is -0.380 e. The number of benzene rings is 1. The fourth-order valence-corrected chi connectivity index (χ4v) is 4.17. The lowest BCUT2D eigenvalue weighted by Gasteiger charge is -2.38. The molecule has 2 N–H and O–H groups in total. The number of piperidine rings is 1. The van der Waals surface area contributed by atoms with Crippen LogP contribution in [0.15, 0.2) is 42.7 Å². The van der Waals surface area contributed by atoms with E-state index in [4.69, 9.17) is 0 Å². The number of fused-ring (bicyclic) bond motifs is 1. The highest BCUT2D eigenvalue weighted by Gasteiger charge is 2.28. The van der Waals surface area contributed by atoms with Crippen LogP contribution in [-0.4, -0.2) is 53.0 Å². The number of H-pyrrole nitrogens is 1. The number of amides is 1. The van der Waals surface area contributed by atoms with Gasteiger partial charge in [0.05, 0.1) is 11.3 Å². The minimum atomic E-state index is -0.336. The molecule has 0 spiro atoms. The third kappa shape index (κ3) is 3.97. The Morgan fingerprint density at radius 3 is 2.80 bits per heavy atom.